The van der Waals surface area contributed by atoms with Gasteiger partial charge in [-0.3, -0.25) is 14.3 Å². The van der Waals surface area contributed by atoms with Gasteiger partial charge >= 0.3 is 5.69 Å². The van der Waals surface area contributed by atoms with Crippen molar-refractivity contribution in [3.63, 3.8) is 0 Å². The summed E-state index contributed by atoms with van der Waals surface area (Å²) in [4.78, 5) is 39.3. The molecule has 0 saturated carbocycles. The van der Waals surface area contributed by atoms with Crippen molar-refractivity contribution in [2.24, 2.45) is 14.1 Å². The largest absolute Gasteiger partial charge is 0.341 e. The van der Waals surface area contributed by atoms with Gasteiger partial charge in [-0.25, -0.2) is 9.78 Å². The Morgan fingerprint density at radius 2 is 1.92 bits per heavy atom. The van der Waals surface area contributed by atoms with Crippen LogP contribution >= 0.6 is 11.3 Å². The normalized spacial score (nSPS) is 18.0. The summed E-state index contributed by atoms with van der Waals surface area (Å²) in [5.41, 5.74) is 1.09. The maximum atomic E-state index is 12.2. The molecule has 0 spiro atoms. The summed E-state index contributed by atoms with van der Waals surface area (Å²) in [5.74, 6) is 1.09. The lowest BCUT2D eigenvalue weighted by Gasteiger charge is -2.32. The number of hydrogen-bond donors (Lipinski definition) is 1. The van der Waals surface area contributed by atoms with E-state index in [2.05, 4.69) is 21.8 Å². The van der Waals surface area contributed by atoms with E-state index < -0.39 is 11.2 Å². The molecule has 0 radical (unpaired) electrons. The predicted octanol–water partition coefficient (Wildman–Crippen LogP) is 1.42. The molecule has 26 heavy (non-hydrogen) atoms. The lowest BCUT2D eigenvalue weighted by molar-refractivity contribution is 0.498. The van der Waals surface area contributed by atoms with Crippen LogP contribution in [0.5, 0.6) is 0 Å². The van der Waals surface area contributed by atoms with E-state index >= 15 is 0 Å². The first-order valence-electron chi connectivity index (χ1n) is 8.71. The molecule has 1 N–H and O–H groups in total. The molecule has 4 rings (SSSR count). The van der Waals surface area contributed by atoms with Gasteiger partial charge < -0.3 is 9.47 Å². The van der Waals surface area contributed by atoms with Crippen molar-refractivity contribution in [3.05, 3.63) is 36.4 Å². The average molecular weight is 374 g/mol. The van der Waals surface area contributed by atoms with Crippen LogP contribution in [0, 0.1) is 13.8 Å². The lowest BCUT2D eigenvalue weighted by Crippen LogP contribution is -2.36. The third kappa shape index (κ3) is 2.57. The zero-order valence-electron chi connectivity index (χ0n) is 15.4. The van der Waals surface area contributed by atoms with Gasteiger partial charge in [0.25, 0.3) is 5.56 Å². The van der Waals surface area contributed by atoms with Gasteiger partial charge in [0, 0.05) is 38.0 Å². The second-order valence-corrected chi connectivity index (χ2v) is 8.17. The third-order valence-electron chi connectivity index (χ3n) is 5.21. The SMILES string of the molecule is Cc1nc(C2CCCN(c3nc4c(c(=O)[nH]c(=O)n4C)n3C)C2)sc1C. The number of rotatable bonds is 2. The topological polar surface area (TPSA) is 88.8 Å². The van der Waals surface area contributed by atoms with Gasteiger partial charge in [0.2, 0.25) is 5.95 Å². The first-order valence-corrected chi connectivity index (χ1v) is 9.53. The second-order valence-electron chi connectivity index (χ2n) is 6.94. The van der Waals surface area contributed by atoms with Crippen LogP contribution in [0.1, 0.15) is 34.3 Å². The number of anilines is 1. The van der Waals surface area contributed by atoms with Gasteiger partial charge in [-0.1, -0.05) is 0 Å². The van der Waals surface area contributed by atoms with Crippen LogP contribution in [-0.2, 0) is 14.1 Å². The highest BCUT2D eigenvalue weighted by Gasteiger charge is 2.28. The van der Waals surface area contributed by atoms with Crippen molar-refractivity contribution in [2.75, 3.05) is 18.0 Å². The standard InChI is InChI=1S/C17H22N6O2S/c1-9-10(2)26-15(18-9)11-6-5-7-23(8-11)16-19-13-12(21(16)3)14(24)20-17(25)22(13)4/h11H,5-8H2,1-4H3,(H,20,24,25). The molecule has 3 aromatic heterocycles. The molecule has 0 amide bonds. The Labute approximate surface area is 154 Å². The maximum absolute atomic E-state index is 12.2. The van der Waals surface area contributed by atoms with Crippen molar-refractivity contribution >= 4 is 28.4 Å². The van der Waals surface area contributed by atoms with Crippen LogP contribution < -0.4 is 16.1 Å². The van der Waals surface area contributed by atoms with Gasteiger partial charge in [-0.05, 0) is 26.7 Å². The molecule has 1 aliphatic heterocycles. The molecule has 1 atom stereocenters. The van der Waals surface area contributed by atoms with Crippen LogP contribution in [0.3, 0.4) is 0 Å². The zero-order chi connectivity index (χ0) is 18.6. The summed E-state index contributed by atoms with van der Waals surface area (Å²) in [7, 11) is 3.45. The number of fused-ring (bicyclic) bond motifs is 1. The fourth-order valence-corrected chi connectivity index (χ4v) is 4.66. The molecule has 4 heterocycles. The van der Waals surface area contributed by atoms with Crippen LogP contribution in [0.2, 0.25) is 0 Å². The van der Waals surface area contributed by atoms with E-state index in [0.29, 0.717) is 17.1 Å². The number of piperidine rings is 1. The Balaban J connectivity index is 1.74. The van der Waals surface area contributed by atoms with Crippen molar-refractivity contribution in [1.29, 1.82) is 0 Å². The Bertz CT molecular complexity index is 1090. The van der Waals surface area contributed by atoms with Crippen LogP contribution in [-0.4, -0.2) is 37.2 Å². The lowest BCUT2D eigenvalue weighted by atomic mass is 9.99. The van der Waals surface area contributed by atoms with Gasteiger partial charge in [-0.15, -0.1) is 11.3 Å². The van der Waals surface area contributed by atoms with E-state index in [1.54, 1.807) is 23.0 Å². The summed E-state index contributed by atoms with van der Waals surface area (Å²) in [5, 5.41) is 1.17. The molecular formula is C17H22N6O2S. The van der Waals surface area contributed by atoms with E-state index in [1.165, 1.54) is 14.5 Å². The van der Waals surface area contributed by atoms with E-state index in [9.17, 15) is 9.59 Å². The number of imidazole rings is 1. The molecule has 1 saturated heterocycles. The van der Waals surface area contributed by atoms with Gasteiger partial charge in [0.15, 0.2) is 11.2 Å². The molecule has 1 aliphatic rings. The summed E-state index contributed by atoms with van der Waals surface area (Å²) < 4.78 is 3.17. The number of aryl methyl sites for hydroxylation is 4. The van der Waals surface area contributed by atoms with E-state index in [1.807, 2.05) is 14.0 Å². The smallest absolute Gasteiger partial charge is 0.329 e. The van der Waals surface area contributed by atoms with E-state index in [0.717, 1.165) is 37.6 Å². The summed E-state index contributed by atoms with van der Waals surface area (Å²) in [6, 6.07) is 0. The maximum Gasteiger partial charge on any atom is 0.329 e. The minimum Gasteiger partial charge on any atom is -0.341 e. The number of nitrogens with one attached hydrogen (secondary N) is 1. The highest BCUT2D eigenvalue weighted by atomic mass is 32.1. The summed E-state index contributed by atoms with van der Waals surface area (Å²) >= 11 is 1.77. The second kappa shape index (κ2) is 6.08. The van der Waals surface area contributed by atoms with Gasteiger partial charge in [-0.2, -0.15) is 4.98 Å². The molecular weight excluding hydrogens is 352 g/mol. The quantitative estimate of drug-likeness (QED) is 0.733. The Morgan fingerprint density at radius 3 is 2.62 bits per heavy atom. The molecule has 1 unspecified atom stereocenters. The fraction of sp³-hybridized carbons (Fsp3) is 0.529. The summed E-state index contributed by atoms with van der Waals surface area (Å²) in [6.07, 6.45) is 2.15. The van der Waals surface area contributed by atoms with Gasteiger partial charge in [0.05, 0.1) is 10.7 Å². The monoisotopic (exact) mass is 374 g/mol. The number of nitrogens with zero attached hydrogens (tertiary/aromatic N) is 5. The minimum atomic E-state index is -0.447. The fourth-order valence-electron chi connectivity index (χ4n) is 3.61. The van der Waals surface area contributed by atoms with Crippen LogP contribution in [0.25, 0.3) is 11.2 Å². The summed E-state index contributed by atoms with van der Waals surface area (Å²) in [6.45, 7) is 5.85. The highest BCUT2D eigenvalue weighted by Crippen LogP contribution is 2.33. The molecule has 138 valence electrons. The molecule has 9 heteroatoms. The molecule has 0 bridgehead atoms. The first kappa shape index (κ1) is 17.0. The van der Waals surface area contributed by atoms with Crippen LogP contribution in [0.4, 0.5) is 5.95 Å². The number of hydrogen-bond acceptors (Lipinski definition) is 6. The zero-order valence-corrected chi connectivity index (χ0v) is 16.2. The van der Waals surface area contributed by atoms with Crippen molar-refractivity contribution in [2.45, 2.75) is 32.6 Å². The molecule has 1 fully saturated rings. The predicted molar refractivity (Wildman–Crippen MR) is 102 cm³/mol. The number of aromatic nitrogens is 5. The van der Waals surface area contributed by atoms with Crippen LogP contribution in [0.15, 0.2) is 9.59 Å². The molecule has 0 aliphatic carbocycles. The van der Waals surface area contributed by atoms with Gasteiger partial charge in [0.1, 0.15) is 0 Å². The number of H-pyrrole nitrogens is 1. The Morgan fingerprint density at radius 1 is 1.15 bits per heavy atom. The molecule has 0 aromatic carbocycles. The molecule has 3 aromatic rings. The number of thiazole rings is 1. The number of aromatic amines is 1. The highest BCUT2D eigenvalue weighted by molar-refractivity contribution is 7.11. The molecule has 8 nitrogen and oxygen atoms in total. The Kier molecular flexibility index (Phi) is 3.98. The van der Waals surface area contributed by atoms with E-state index in [-0.39, 0.29) is 0 Å². The van der Waals surface area contributed by atoms with E-state index in [4.69, 9.17) is 4.98 Å². The minimum absolute atomic E-state index is 0.364. The Hall–Kier alpha value is -2.42. The average Bonchev–Trinajstić information content (AvgIpc) is 3.13. The third-order valence-corrected chi connectivity index (χ3v) is 6.44. The first-order chi connectivity index (χ1) is 12.4. The van der Waals surface area contributed by atoms with Crippen molar-refractivity contribution in [1.82, 2.24) is 24.1 Å². The van der Waals surface area contributed by atoms with Crippen molar-refractivity contribution < 1.29 is 0 Å². The van der Waals surface area contributed by atoms with Crippen molar-refractivity contribution in [3.8, 4) is 0 Å².